The minimum Gasteiger partial charge on any atom is -0.326 e. The number of nitrogens with zero attached hydrogens (tertiary/aromatic N) is 1. The second-order valence-electron chi connectivity index (χ2n) is 12.2. The normalized spacial score (nSPS) is 12.2. The zero-order chi connectivity index (χ0) is 28.8. The third-order valence-corrected chi connectivity index (χ3v) is 9.17. The van der Waals surface area contributed by atoms with Crippen molar-refractivity contribution in [3.8, 4) is 0 Å². The molecule has 0 spiro atoms. The average Bonchev–Trinajstić information content (AvgIpc) is 2.94. The van der Waals surface area contributed by atoms with Crippen molar-refractivity contribution in [1.82, 2.24) is 0 Å². The first-order valence-corrected chi connectivity index (χ1v) is 17.8. The van der Waals surface area contributed by atoms with Gasteiger partial charge in [-0.05, 0) is 75.3 Å². The van der Waals surface area contributed by atoms with E-state index in [0.29, 0.717) is 6.42 Å². The van der Waals surface area contributed by atoms with Crippen LogP contribution in [0.4, 0.5) is 0 Å². The van der Waals surface area contributed by atoms with Gasteiger partial charge in [-0.3, -0.25) is 4.55 Å². The molecule has 0 saturated heterocycles. The first kappa shape index (κ1) is 34.5. The molecule has 0 heterocycles. The lowest BCUT2D eigenvalue weighted by atomic mass is 10.0. The van der Waals surface area contributed by atoms with Crippen LogP contribution in [0.25, 0.3) is 0 Å². The Kier molecular flexibility index (Phi) is 18.2. The maximum atomic E-state index is 11.1. The third-order valence-electron chi connectivity index (χ3n) is 8.36. The molecule has 5 heteroatoms. The lowest BCUT2D eigenvalue weighted by Gasteiger charge is -2.35. The highest BCUT2D eigenvalue weighted by atomic mass is 32.2. The van der Waals surface area contributed by atoms with E-state index in [-0.39, 0.29) is 5.75 Å². The van der Waals surface area contributed by atoms with Gasteiger partial charge in [0.1, 0.15) is 0 Å². The van der Waals surface area contributed by atoms with E-state index < -0.39 is 10.1 Å². The highest BCUT2D eigenvalue weighted by Crippen LogP contribution is 2.17. The molecule has 4 nitrogen and oxygen atoms in total. The van der Waals surface area contributed by atoms with Crippen LogP contribution in [0.1, 0.15) is 114 Å². The number of aryl methyl sites for hydroxylation is 2. The Hall–Kier alpha value is -1.69. The summed E-state index contributed by atoms with van der Waals surface area (Å²) in [6.07, 6.45) is 22.1. The fraction of sp³-hybridized carbons (Fsp3) is 0.657. The van der Waals surface area contributed by atoms with Gasteiger partial charge in [0.05, 0.1) is 32.4 Å². The van der Waals surface area contributed by atoms with Crippen molar-refractivity contribution in [3.63, 3.8) is 0 Å². The Balaban J connectivity index is 1.55. The van der Waals surface area contributed by atoms with Crippen LogP contribution in [-0.4, -0.2) is 49.9 Å². The van der Waals surface area contributed by atoms with E-state index in [2.05, 4.69) is 67.7 Å². The van der Waals surface area contributed by atoms with E-state index in [0.717, 1.165) is 17.4 Å². The monoisotopic (exact) mass is 572 g/mol. The van der Waals surface area contributed by atoms with Crippen LogP contribution < -0.4 is 0 Å². The summed E-state index contributed by atoms with van der Waals surface area (Å²) >= 11 is 0. The molecular weight excluding hydrogens is 514 g/mol. The fourth-order valence-corrected chi connectivity index (χ4v) is 6.38. The van der Waals surface area contributed by atoms with Crippen LogP contribution in [0.5, 0.6) is 0 Å². The SMILES string of the molecule is C[N+](CCCCCCCCCc1ccccc1)(CCCCCCCCCc1ccccc1)CCCCS(=O)(=O)O. The van der Waals surface area contributed by atoms with Gasteiger partial charge in [0.15, 0.2) is 0 Å². The van der Waals surface area contributed by atoms with Crippen molar-refractivity contribution in [2.24, 2.45) is 0 Å². The molecule has 1 N–H and O–H groups in total. The van der Waals surface area contributed by atoms with Crippen LogP contribution >= 0.6 is 0 Å². The van der Waals surface area contributed by atoms with Crippen molar-refractivity contribution >= 4 is 10.1 Å². The zero-order valence-electron chi connectivity index (χ0n) is 25.4. The molecule has 0 unspecified atom stereocenters. The molecule has 0 aromatic heterocycles. The lowest BCUT2D eigenvalue weighted by molar-refractivity contribution is -0.910. The second kappa shape index (κ2) is 21.1. The lowest BCUT2D eigenvalue weighted by Crippen LogP contribution is -2.46. The van der Waals surface area contributed by atoms with Crippen molar-refractivity contribution in [1.29, 1.82) is 0 Å². The van der Waals surface area contributed by atoms with Crippen LogP contribution in [0.2, 0.25) is 0 Å². The van der Waals surface area contributed by atoms with E-state index in [9.17, 15) is 8.42 Å². The maximum absolute atomic E-state index is 11.1. The zero-order valence-corrected chi connectivity index (χ0v) is 26.3. The molecule has 0 aliphatic carbocycles. The molecule has 0 bridgehead atoms. The van der Waals surface area contributed by atoms with Gasteiger partial charge in [-0.2, -0.15) is 8.42 Å². The molecule has 0 radical (unpaired) electrons. The molecule has 2 aromatic carbocycles. The molecule has 0 saturated carbocycles. The largest absolute Gasteiger partial charge is 0.326 e. The molecule has 0 aliphatic rings. The Labute approximate surface area is 246 Å². The van der Waals surface area contributed by atoms with E-state index in [4.69, 9.17) is 4.55 Å². The third kappa shape index (κ3) is 18.6. The van der Waals surface area contributed by atoms with Crippen molar-refractivity contribution in [2.45, 2.75) is 116 Å². The van der Waals surface area contributed by atoms with Gasteiger partial charge in [-0.25, -0.2) is 0 Å². The van der Waals surface area contributed by atoms with Gasteiger partial charge in [-0.1, -0.05) is 112 Å². The summed E-state index contributed by atoms with van der Waals surface area (Å²) in [6, 6.07) is 21.6. The molecule has 2 rings (SSSR count). The minimum absolute atomic E-state index is 0.110. The number of quaternary nitrogens is 1. The van der Waals surface area contributed by atoms with Gasteiger partial charge < -0.3 is 4.48 Å². The van der Waals surface area contributed by atoms with E-state index >= 15 is 0 Å². The Bertz CT molecular complexity index is 905. The quantitative estimate of drug-likeness (QED) is 0.0733. The maximum Gasteiger partial charge on any atom is 0.264 e. The van der Waals surface area contributed by atoms with Crippen LogP contribution in [0.3, 0.4) is 0 Å². The molecule has 2 aromatic rings. The summed E-state index contributed by atoms with van der Waals surface area (Å²) in [5.41, 5.74) is 2.91. The Morgan fingerprint density at radius 2 is 0.825 bits per heavy atom. The summed E-state index contributed by atoms with van der Waals surface area (Å²) in [7, 11) is -1.49. The molecule has 0 amide bonds. The Morgan fingerprint density at radius 3 is 1.20 bits per heavy atom. The van der Waals surface area contributed by atoms with E-state index in [1.807, 2.05) is 0 Å². The minimum atomic E-state index is -3.85. The van der Waals surface area contributed by atoms with Crippen LogP contribution in [0, 0.1) is 0 Å². The first-order valence-electron chi connectivity index (χ1n) is 16.2. The number of hydrogen-bond acceptors (Lipinski definition) is 2. The van der Waals surface area contributed by atoms with Gasteiger partial charge in [0.25, 0.3) is 10.1 Å². The predicted octanol–water partition coefficient (Wildman–Crippen LogP) is 9.05. The van der Waals surface area contributed by atoms with Gasteiger partial charge in [0, 0.05) is 0 Å². The second-order valence-corrected chi connectivity index (χ2v) is 13.8. The number of benzene rings is 2. The fourth-order valence-electron chi connectivity index (χ4n) is 5.82. The molecule has 0 aliphatic heterocycles. The molecule has 226 valence electrons. The number of hydrogen-bond donors (Lipinski definition) is 1. The van der Waals surface area contributed by atoms with Crippen LogP contribution in [0.15, 0.2) is 60.7 Å². The Morgan fingerprint density at radius 1 is 0.500 bits per heavy atom. The highest BCUT2D eigenvalue weighted by Gasteiger charge is 2.20. The van der Waals surface area contributed by atoms with Crippen molar-refractivity contribution in [2.75, 3.05) is 32.4 Å². The topological polar surface area (TPSA) is 54.4 Å². The van der Waals surface area contributed by atoms with E-state index in [1.165, 1.54) is 127 Å². The van der Waals surface area contributed by atoms with Gasteiger partial charge >= 0.3 is 0 Å². The van der Waals surface area contributed by atoms with Crippen molar-refractivity contribution < 1.29 is 17.5 Å². The summed E-state index contributed by atoms with van der Waals surface area (Å²) in [6.45, 7) is 3.37. The molecular formula is C35H58NO3S+. The van der Waals surface area contributed by atoms with Crippen molar-refractivity contribution in [3.05, 3.63) is 71.8 Å². The smallest absolute Gasteiger partial charge is 0.264 e. The highest BCUT2D eigenvalue weighted by molar-refractivity contribution is 7.85. The van der Waals surface area contributed by atoms with Gasteiger partial charge in [-0.15, -0.1) is 0 Å². The summed E-state index contributed by atoms with van der Waals surface area (Å²) < 4.78 is 32.4. The first-order chi connectivity index (χ1) is 19.4. The standard InChI is InChI=1S/C35H57NO3S/c1-36(32-22-23-33-40(37,38)39,30-20-10-6-2-4-8-14-24-34-26-16-12-17-27-34)31-21-11-7-3-5-9-15-25-35-28-18-13-19-29-35/h12-13,16-19,26-29H,2-11,14-15,20-25,30-33H2,1H3/p+1. The van der Waals surface area contributed by atoms with Gasteiger partial charge in [0.2, 0.25) is 0 Å². The predicted molar refractivity (Wildman–Crippen MR) is 171 cm³/mol. The summed E-state index contributed by atoms with van der Waals surface area (Å²) in [5, 5.41) is 0. The molecule has 0 atom stereocenters. The van der Waals surface area contributed by atoms with Crippen LogP contribution in [-0.2, 0) is 23.0 Å². The summed E-state index contributed by atoms with van der Waals surface area (Å²) in [5.74, 6) is -0.110. The molecule has 0 fully saturated rings. The number of unbranched alkanes of at least 4 members (excludes halogenated alkanes) is 13. The summed E-state index contributed by atoms with van der Waals surface area (Å²) in [4.78, 5) is 0. The van der Waals surface area contributed by atoms with E-state index in [1.54, 1.807) is 0 Å². The molecule has 40 heavy (non-hydrogen) atoms. The number of rotatable bonds is 25. The average molecular weight is 573 g/mol.